The minimum Gasteiger partial charge on any atom is -0.300 e. The number of carbonyl (C=O) groups excluding carboxylic acids is 1. The Balaban J connectivity index is 1.52. The summed E-state index contributed by atoms with van der Waals surface area (Å²) in [5.74, 6) is 5.28. The van der Waals surface area contributed by atoms with E-state index in [1.165, 1.54) is 57.8 Å². The van der Waals surface area contributed by atoms with Gasteiger partial charge in [-0.15, -0.1) is 0 Å². The highest BCUT2D eigenvalue weighted by Gasteiger charge is 2.38. The predicted molar refractivity (Wildman–Crippen MR) is 78.9 cm³/mol. The van der Waals surface area contributed by atoms with Gasteiger partial charge in [0.05, 0.1) is 0 Å². The van der Waals surface area contributed by atoms with Crippen molar-refractivity contribution in [3.8, 4) is 0 Å². The second-order valence-electron chi connectivity index (χ2n) is 7.56. The maximum atomic E-state index is 11.6. The van der Waals surface area contributed by atoms with Gasteiger partial charge in [-0.2, -0.15) is 0 Å². The Hall–Kier alpha value is -0.330. The third-order valence-electron chi connectivity index (χ3n) is 6.60. The summed E-state index contributed by atoms with van der Waals surface area (Å²) in [6.45, 7) is 2.36. The van der Waals surface area contributed by atoms with Gasteiger partial charge in [-0.1, -0.05) is 26.2 Å². The van der Waals surface area contributed by atoms with Crippen molar-refractivity contribution in [3.05, 3.63) is 0 Å². The molecule has 1 unspecified atom stereocenters. The lowest BCUT2D eigenvalue weighted by Gasteiger charge is -2.43. The Morgan fingerprint density at radius 2 is 1.47 bits per heavy atom. The van der Waals surface area contributed by atoms with Crippen LogP contribution in [-0.2, 0) is 4.79 Å². The fourth-order valence-corrected chi connectivity index (χ4v) is 5.22. The van der Waals surface area contributed by atoms with Crippen molar-refractivity contribution in [2.75, 3.05) is 0 Å². The van der Waals surface area contributed by atoms with Crippen LogP contribution in [0, 0.1) is 29.6 Å². The molecule has 19 heavy (non-hydrogen) atoms. The third-order valence-corrected chi connectivity index (χ3v) is 6.60. The number of Topliss-reactive ketones (excluding diaryl/α,β-unsaturated/α-hetero) is 1. The molecule has 0 bridgehead atoms. The van der Waals surface area contributed by atoms with Crippen LogP contribution in [-0.4, -0.2) is 5.78 Å². The SMILES string of the molecule is CCC1CCC(C2CC[C@@H]3CC(=O)CC[C@H]3C2)CC1. The number of fused-ring (bicyclic) bond motifs is 1. The van der Waals surface area contributed by atoms with Crippen LogP contribution in [0.15, 0.2) is 0 Å². The van der Waals surface area contributed by atoms with E-state index in [0.717, 1.165) is 42.4 Å². The third kappa shape index (κ3) is 3.06. The van der Waals surface area contributed by atoms with E-state index in [-0.39, 0.29) is 0 Å². The molecule has 0 radical (unpaired) electrons. The van der Waals surface area contributed by atoms with Crippen LogP contribution in [0.1, 0.15) is 77.6 Å². The summed E-state index contributed by atoms with van der Waals surface area (Å²) >= 11 is 0. The van der Waals surface area contributed by atoms with Crippen molar-refractivity contribution >= 4 is 5.78 Å². The standard InChI is InChI=1S/C18H30O/c1-2-13-3-5-14(6-4-13)15-7-8-17-12-18(19)10-9-16(17)11-15/h13-17H,2-12H2,1H3/t13?,14?,15?,16-,17+/m0/s1. The van der Waals surface area contributed by atoms with Crippen LogP contribution >= 0.6 is 0 Å². The van der Waals surface area contributed by atoms with Gasteiger partial charge in [0.15, 0.2) is 0 Å². The zero-order chi connectivity index (χ0) is 13.2. The zero-order valence-corrected chi connectivity index (χ0v) is 12.6. The fourth-order valence-electron chi connectivity index (χ4n) is 5.22. The van der Waals surface area contributed by atoms with Crippen molar-refractivity contribution in [1.82, 2.24) is 0 Å². The van der Waals surface area contributed by atoms with Crippen LogP contribution in [0.2, 0.25) is 0 Å². The van der Waals surface area contributed by atoms with Gasteiger partial charge in [0.2, 0.25) is 0 Å². The first-order valence-corrected chi connectivity index (χ1v) is 8.78. The minimum absolute atomic E-state index is 0.545. The molecular formula is C18H30O. The van der Waals surface area contributed by atoms with E-state index in [9.17, 15) is 4.79 Å². The molecule has 3 atom stereocenters. The molecule has 0 amide bonds. The van der Waals surface area contributed by atoms with Gasteiger partial charge in [0.25, 0.3) is 0 Å². The number of rotatable bonds is 2. The molecule has 0 saturated heterocycles. The second kappa shape index (κ2) is 5.97. The highest BCUT2D eigenvalue weighted by atomic mass is 16.1. The van der Waals surface area contributed by atoms with E-state index >= 15 is 0 Å². The molecule has 0 aliphatic heterocycles. The van der Waals surface area contributed by atoms with Gasteiger partial charge >= 0.3 is 0 Å². The summed E-state index contributed by atoms with van der Waals surface area (Å²) in [7, 11) is 0. The first-order chi connectivity index (χ1) is 9.26. The first-order valence-electron chi connectivity index (χ1n) is 8.78. The van der Waals surface area contributed by atoms with Crippen LogP contribution in [0.5, 0.6) is 0 Å². The topological polar surface area (TPSA) is 17.1 Å². The summed E-state index contributed by atoms with van der Waals surface area (Å²) in [6, 6.07) is 0. The largest absolute Gasteiger partial charge is 0.300 e. The molecule has 0 N–H and O–H groups in total. The van der Waals surface area contributed by atoms with Gasteiger partial charge < -0.3 is 0 Å². The molecule has 1 heteroatoms. The molecule has 3 aliphatic rings. The van der Waals surface area contributed by atoms with Gasteiger partial charge in [-0.3, -0.25) is 4.79 Å². The van der Waals surface area contributed by atoms with E-state index in [0.29, 0.717) is 5.78 Å². The van der Waals surface area contributed by atoms with Crippen LogP contribution < -0.4 is 0 Å². The molecule has 0 spiro atoms. The van der Waals surface area contributed by atoms with Crippen molar-refractivity contribution in [2.45, 2.75) is 77.6 Å². The molecule has 0 aromatic rings. The highest BCUT2D eigenvalue weighted by molar-refractivity contribution is 5.79. The Kier molecular flexibility index (Phi) is 4.29. The molecule has 3 saturated carbocycles. The van der Waals surface area contributed by atoms with Crippen molar-refractivity contribution in [1.29, 1.82) is 0 Å². The summed E-state index contributed by atoms with van der Waals surface area (Å²) in [6.07, 6.45) is 14.6. The molecular weight excluding hydrogens is 232 g/mol. The smallest absolute Gasteiger partial charge is 0.133 e. The molecule has 1 nitrogen and oxygen atoms in total. The number of carbonyl (C=O) groups is 1. The Bertz CT molecular complexity index is 314. The van der Waals surface area contributed by atoms with Crippen molar-refractivity contribution in [2.24, 2.45) is 29.6 Å². The van der Waals surface area contributed by atoms with Crippen LogP contribution in [0.25, 0.3) is 0 Å². The molecule has 0 aromatic carbocycles. The number of hydrogen-bond donors (Lipinski definition) is 0. The van der Waals surface area contributed by atoms with Crippen molar-refractivity contribution in [3.63, 3.8) is 0 Å². The Morgan fingerprint density at radius 1 is 0.842 bits per heavy atom. The molecule has 3 fully saturated rings. The van der Waals surface area contributed by atoms with Crippen LogP contribution in [0.3, 0.4) is 0 Å². The highest BCUT2D eigenvalue weighted by Crippen LogP contribution is 2.47. The Morgan fingerprint density at radius 3 is 2.21 bits per heavy atom. The summed E-state index contributed by atoms with van der Waals surface area (Å²) in [4.78, 5) is 11.6. The number of ketones is 1. The maximum Gasteiger partial charge on any atom is 0.133 e. The normalized spacial score (nSPS) is 43.8. The molecule has 0 heterocycles. The lowest BCUT2D eigenvalue weighted by Crippen LogP contribution is -2.34. The lowest BCUT2D eigenvalue weighted by atomic mass is 9.62. The minimum atomic E-state index is 0.545. The fraction of sp³-hybridized carbons (Fsp3) is 0.944. The van der Waals surface area contributed by atoms with E-state index in [4.69, 9.17) is 0 Å². The molecule has 108 valence electrons. The quantitative estimate of drug-likeness (QED) is 0.685. The zero-order valence-electron chi connectivity index (χ0n) is 12.6. The second-order valence-corrected chi connectivity index (χ2v) is 7.56. The van der Waals surface area contributed by atoms with Gasteiger partial charge in [-0.25, -0.2) is 0 Å². The average Bonchev–Trinajstić information content (AvgIpc) is 2.47. The summed E-state index contributed by atoms with van der Waals surface area (Å²) in [5.41, 5.74) is 0. The predicted octanol–water partition coefficient (Wildman–Crippen LogP) is 4.99. The Labute approximate surface area is 118 Å². The molecule has 3 rings (SSSR count). The van der Waals surface area contributed by atoms with Crippen LogP contribution in [0.4, 0.5) is 0 Å². The van der Waals surface area contributed by atoms with Gasteiger partial charge in [0, 0.05) is 12.8 Å². The molecule has 0 aromatic heterocycles. The maximum absolute atomic E-state index is 11.6. The summed E-state index contributed by atoms with van der Waals surface area (Å²) < 4.78 is 0. The van der Waals surface area contributed by atoms with E-state index < -0.39 is 0 Å². The summed E-state index contributed by atoms with van der Waals surface area (Å²) in [5, 5.41) is 0. The first kappa shape index (κ1) is 13.6. The lowest BCUT2D eigenvalue weighted by molar-refractivity contribution is -0.123. The van der Waals surface area contributed by atoms with Gasteiger partial charge in [-0.05, 0) is 68.1 Å². The van der Waals surface area contributed by atoms with Gasteiger partial charge in [0.1, 0.15) is 5.78 Å². The monoisotopic (exact) mass is 262 g/mol. The average molecular weight is 262 g/mol. The van der Waals surface area contributed by atoms with E-state index in [1.54, 1.807) is 0 Å². The van der Waals surface area contributed by atoms with E-state index in [1.807, 2.05) is 0 Å². The van der Waals surface area contributed by atoms with E-state index in [2.05, 4.69) is 6.92 Å². The molecule has 3 aliphatic carbocycles. The number of hydrogen-bond acceptors (Lipinski definition) is 1. The van der Waals surface area contributed by atoms with Crippen molar-refractivity contribution < 1.29 is 4.79 Å².